The Kier molecular flexibility index (Phi) is 4.20. The second-order valence-electron chi connectivity index (χ2n) is 4.73. The van der Waals surface area contributed by atoms with Crippen LogP contribution in [0.2, 0.25) is 0 Å². The van der Waals surface area contributed by atoms with E-state index in [0.29, 0.717) is 12.0 Å². The molecule has 0 amide bonds. The third-order valence-corrected chi connectivity index (χ3v) is 3.27. The predicted molar refractivity (Wildman–Crippen MR) is 57.7 cm³/mol. The minimum Gasteiger partial charge on any atom is -0.326 e. The van der Waals surface area contributed by atoms with E-state index < -0.39 is 0 Å². The smallest absolute Gasteiger partial charge is 0.0191 e. The Morgan fingerprint density at radius 3 is 2.62 bits per heavy atom. The average molecular weight is 184 g/mol. The van der Waals surface area contributed by atoms with E-state index in [1.807, 2.05) is 0 Å². The maximum Gasteiger partial charge on any atom is 0.0191 e. The molecule has 0 radical (unpaired) electrons. The monoisotopic (exact) mass is 184 g/mol. The van der Waals surface area contributed by atoms with Gasteiger partial charge in [0.2, 0.25) is 0 Å². The van der Waals surface area contributed by atoms with Gasteiger partial charge in [-0.2, -0.15) is 0 Å². The van der Waals surface area contributed by atoms with E-state index in [-0.39, 0.29) is 0 Å². The fraction of sp³-hybridized carbons (Fsp3) is 1.00. The molecule has 0 spiro atoms. The molecule has 2 N–H and O–H groups in total. The van der Waals surface area contributed by atoms with Gasteiger partial charge in [0.25, 0.3) is 0 Å². The highest BCUT2D eigenvalue weighted by molar-refractivity contribution is 4.78. The lowest BCUT2D eigenvalue weighted by Gasteiger charge is -2.23. The van der Waals surface area contributed by atoms with Crippen LogP contribution in [-0.4, -0.2) is 30.6 Å². The van der Waals surface area contributed by atoms with Gasteiger partial charge in [-0.25, -0.2) is 0 Å². The summed E-state index contributed by atoms with van der Waals surface area (Å²) in [4.78, 5) is 2.53. The molecule has 2 heteroatoms. The second-order valence-corrected chi connectivity index (χ2v) is 4.73. The van der Waals surface area contributed by atoms with Crippen LogP contribution in [0.15, 0.2) is 0 Å². The number of nitrogens with zero attached hydrogens (tertiary/aromatic N) is 1. The van der Waals surface area contributed by atoms with Crippen LogP contribution < -0.4 is 5.73 Å². The van der Waals surface area contributed by atoms with Crippen LogP contribution in [-0.2, 0) is 0 Å². The first-order valence-corrected chi connectivity index (χ1v) is 5.61. The number of hydrogen-bond acceptors (Lipinski definition) is 2. The van der Waals surface area contributed by atoms with Crippen LogP contribution in [0.4, 0.5) is 0 Å². The largest absolute Gasteiger partial charge is 0.326 e. The van der Waals surface area contributed by atoms with Gasteiger partial charge < -0.3 is 10.6 Å². The number of hydrogen-bond donors (Lipinski definition) is 1. The third-order valence-electron chi connectivity index (χ3n) is 3.27. The van der Waals surface area contributed by atoms with Crippen molar-refractivity contribution in [3.8, 4) is 0 Å². The molecule has 1 heterocycles. The first-order chi connectivity index (χ1) is 6.13. The van der Waals surface area contributed by atoms with E-state index >= 15 is 0 Å². The van der Waals surface area contributed by atoms with Crippen LogP contribution in [0, 0.1) is 11.8 Å². The Morgan fingerprint density at radius 2 is 2.15 bits per heavy atom. The summed E-state index contributed by atoms with van der Waals surface area (Å²) in [6, 6.07) is 0.357. The Hall–Kier alpha value is -0.0800. The van der Waals surface area contributed by atoms with Crippen molar-refractivity contribution in [1.29, 1.82) is 0 Å². The van der Waals surface area contributed by atoms with Crippen molar-refractivity contribution >= 4 is 0 Å². The van der Waals surface area contributed by atoms with Crippen molar-refractivity contribution in [2.45, 2.75) is 39.7 Å². The molecule has 0 aliphatic carbocycles. The molecule has 0 aromatic carbocycles. The van der Waals surface area contributed by atoms with Gasteiger partial charge >= 0.3 is 0 Å². The van der Waals surface area contributed by atoms with Crippen molar-refractivity contribution in [3.63, 3.8) is 0 Å². The molecular formula is C11H24N2. The number of likely N-dealkylation sites (tertiary alicyclic amines) is 1. The summed E-state index contributed by atoms with van der Waals surface area (Å²) < 4.78 is 0. The fourth-order valence-electron chi connectivity index (χ4n) is 1.92. The second kappa shape index (κ2) is 4.97. The van der Waals surface area contributed by atoms with Gasteiger partial charge in [-0.15, -0.1) is 0 Å². The van der Waals surface area contributed by atoms with E-state index in [1.165, 1.54) is 25.9 Å². The molecule has 1 rings (SSSR count). The van der Waals surface area contributed by atoms with Crippen molar-refractivity contribution < 1.29 is 0 Å². The Balaban J connectivity index is 2.23. The molecule has 0 aromatic rings. The zero-order valence-electron chi connectivity index (χ0n) is 9.29. The van der Waals surface area contributed by atoms with Crippen molar-refractivity contribution in [3.05, 3.63) is 0 Å². The zero-order valence-corrected chi connectivity index (χ0v) is 9.29. The van der Waals surface area contributed by atoms with E-state index in [2.05, 4.69) is 25.7 Å². The summed E-state index contributed by atoms with van der Waals surface area (Å²) in [7, 11) is 0. The molecule has 1 aliphatic rings. The molecule has 2 nitrogen and oxygen atoms in total. The molecule has 0 bridgehead atoms. The van der Waals surface area contributed by atoms with Gasteiger partial charge in [0.05, 0.1) is 0 Å². The Morgan fingerprint density at radius 1 is 1.46 bits per heavy atom. The molecule has 2 unspecified atom stereocenters. The fourth-order valence-corrected chi connectivity index (χ4v) is 1.92. The standard InChI is InChI=1S/C11H24N2/c1-4-10-5-6-13(7-10)8-11(12)9(2)3/h9-11H,4-8,12H2,1-3H3. The van der Waals surface area contributed by atoms with Crippen molar-refractivity contribution in [2.75, 3.05) is 19.6 Å². The van der Waals surface area contributed by atoms with Crippen molar-refractivity contribution in [2.24, 2.45) is 17.6 Å². The van der Waals surface area contributed by atoms with Crippen LogP contribution in [0.3, 0.4) is 0 Å². The average Bonchev–Trinajstić information content (AvgIpc) is 2.52. The quantitative estimate of drug-likeness (QED) is 0.720. The van der Waals surface area contributed by atoms with E-state index in [1.54, 1.807) is 0 Å². The van der Waals surface area contributed by atoms with Gasteiger partial charge in [-0.1, -0.05) is 27.2 Å². The van der Waals surface area contributed by atoms with Crippen LogP contribution >= 0.6 is 0 Å². The van der Waals surface area contributed by atoms with Gasteiger partial charge in [0.1, 0.15) is 0 Å². The Bertz CT molecular complexity index is 145. The molecule has 13 heavy (non-hydrogen) atoms. The summed E-state index contributed by atoms with van der Waals surface area (Å²) in [5.74, 6) is 1.54. The van der Waals surface area contributed by atoms with Crippen LogP contribution in [0.5, 0.6) is 0 Å². The van der Waals surface area contributed by atoms with E-state index in [4.69, 9.17) is 5.73 Å². The maximum absolute atomic E-state index is 6.04. The summed E-state index contributed by atoms with van der Waals surface area (Å²) in [5, 5.41) is 0. The first-order valence-electron chi connectivity index (χ1n) is 5.61. The van der Waals surface area contributed by atoms with Gasteiger partial charge in [0, 0.05) is 19.1 Å². The maximum atomic E-state index is 6.04. The molecule has 1 aliphatic heterocycles. The summed E-state index contributed by atoms with van der Waals surface area (Å²) >= 11 is 0. The van der Waals surface area contributed by atoms with E-state index in [0.717, 1.165) is 12.5 Å². The van der Waals surface area contributed by atoms with Gasteiger partial charge in [-0.05, 0) is 24.8 Å². The third kappa shape index (κ3) is 3.28. The topological polar surface area (TPSA) is 29.3 Å². The SMILES string of the molecule is CCC1CCN(CC(N)C(C)C)C1. The molecule has 2 atom stereocenters. The molecule has 0 aromatic heterocycles. The molecule has 0 saturated carbocycles. The van der Waals surface area contributed by atoms with Crippen LogP contribution in [0.1, 0.15) is 33.6 Å². The number of rotatable bonds is 4. The lowest BCUT2D eigenvalue weighted by Crippen LogP contribution is -2.39. The minimum absolute atomic E-state index is 0.357. The highest BCUT2D eigenvalue weighted by atomic mass is 15.2. The predicted octanol–water partition coefficient (Wildman–Crippen LogP) is 1.70. The highest BCUT2D eigenvalue weighted by Gasteiger charge is 2.22. The summed E-state index contributed by atoms with van der Waals surface area (Å²) in [5.41, 5.74) is 6.04. The lowest BCUT2D eigenvalue weighted by molar-refractivity contribution is 0.275. The van der Waals surface area contributed by atoms with Gasteiger partial charge in [-0.3, -0.25) is 0 Å². The minimum atomic E-state index is 0.357. The number of nitrogens with two attached hydrogens (primary N) is 1. The van der Waals surface area contributed by atoms with Crippen molar-refractivity contribution in [1.82, 2.24) is 4.90 Å². The van der Waals surface area contributed by atoms with E-state index in [9.17, 15) is 0 Å². The highest BCUT2D eigenvalue weighted by Crippen LogP contribution is 2.19. The molecule has 1 fully saturated rings. The van der Waals surface area contributed by atoms with Crippen LogP contribution in [0.25, 0.3) is 0 Å². The molecular weight excluding hydrogens is 160 g/mol. The zero-order chi connectivity index (χ0) is 9.84. The Labute approximate surface area is 82.5 Å². The summed E-state index contributed by atoms with van der Waals surface area (Å²) in [6.07, 6.45) is 2.70. The lowest BCUT2D eigenvalue weighted by atomic mass is 10.1. The first kappa shape index (κ1) is 11.0. The summed E-state index contributed by atoms with van der Waals surface area (Å²) in [6.45, 7) is 10.3. The molecule has 78 valence electrons. The van der Waals surface area contributed by atoms with Gasteiger partial charge in [0.15, 0.2) is 0 Å². The normalized spacial score (nSPS) is 27.0. The molecule has 1 saturated heterocycles.